The molecule has 5 rings (SSSR count). The Kier molecular flexibility index (Phi) is 5.98. The molecule has 6 heteroatoms. The van der Waals surface area contributed by atoms with Gasteiger partial charge in [-0.25, -0.2) is 4.98 Å². The van der Waals surface area contributed by atoms with E-state index in [1.807, 2.05) is 32.0 Å². The highest BCUT2D eigenvalue weighted by molar-refractivity contribution is 5.71. The van der Waals surface area contributed by atoms with Crippen molar-refractivity contribution >= 4 is 5.97 Å². The van der Waals surface area contributed by atoms with Crippen LogP contribution in [0.5, 0.6) is 11.6 Å². The van der Waals surface area contributed by atoms with Crippen LogP contribution in [0.15, 0.2) is 48.7 Å². The van der Waals surface area contributed by atoms with Gasteiger partial charge in [0, 0.05) is 23.5 Å². The topological polar surface area (TPSA) is 81.5 Å². The van der Waals surface area contributed by atoms with Crippen molar-refractivity contribution in [3.05, 3.63) is 71.2 Å². The Labute approximate surface area is 200 Å². The van der Waals surface area contributed by atoms with Crippen LogP contribution >= 0.6 is 0 Å². The minimum absolute atomic E-state index is 0.0313. The number of carboxylic acids is 1. The summed E-state index contributed by atoms with van der Waals surface area (Å²) in [5.74, 6) is 0.773. The summed E-state index contributed by atoms with van der Waals surface area (Å²) < 4.78 is 11.7. The fraction of sp³-hybridized carbons (Fsp3) is 0.393. The second kappa shape index (κ2) is 9.09. The first kappa shape index (κ1) is 22.4. The highest BCUT2D eigenvalue weighted by Gasteiger charge is 2.39. The van der Waals surface area contributed by atoms with Crippen LogP contribution in [0.4, 0.5) is 0 Å². The monoisotopic (exact) mass is 458 g/mol. The second-order valence-electron chi connectivity index (χ2n) is 9.46. The van der Waals surface area contributed by atoms with E-state index in [1.165, 1.54) is 5.56 Å². The Morgan fingerprint density at radius 1 is 1.15 bits per heavy atom. The zero-order valence-corrected chi connectivity index (χ0v) is 19.8. The lowest BCUT2D eigenvalue weighted by Gasteiger charge is -2.28. The van der Waals surface area contributed by atoms with E-state index in [-0.39, 0.29) is 12.0 Å². The molecule has 176 valence electrons. The highest BCUT2D eigenvalue weighted by atomic mass is 16.5. The van der Waals surface area contributed by atoms with E-state index < -0.39 is 11.9 Å². The Bertz CT molecular complexity index is 1220. The summed E-state index contributed by atoms with van der Waals surface area (Å²) in [6.07, 6.45) is 5.58. The van der Waals surface area contributed by atoms with Crippen molar-refractivity contribution in [1.29, 1.82) is 0 Å². The molecule has 0 spiro atoms. The van der Waals surface area contributed by atoms with E-state index in [2.05, 4.69) is 29.2 Å². The number of fused-ring (bicyclic) bond motifs is 1. The Morgan fingerprint density at radius 3 is 2.68 bits per heavy atom. The molecule has 3 heterocycles. The van der Waals surface area contributed by atoms with Crippen LogP contribution in [0.25, 0.3) is 11.1 Å². The van der Waals surface area contributed by atoms with Crippen LogP contribution in [0, 0.1) is 18.8 Å². The van der Waals surface area contributed by atoms with Crippen LogP contribution in [0.2, 0.25) is 0 Å². The summed E-state index contributed by atoms with van der Waals surface area (Å²) in [6, 6.07) is 14.3. The molecule has 2 aromatic heterocycles. The first-order valence-corrected chi connectivity index (χ1v) is 11.9. The number of rotatable bonds is 7. The maximum atomic E-state index is 11.7. The molecule has 1 aromatic carbocycles. The van der Waals surface area contributed by atoms with Gasteiger partial charge in [0.15, 0.2) is 0 Å². The summed E-state index contributed by atoms with van der Waals surface area (Å²) in [5.41, 5.74) is 6.14. The molecule has 3 atom stereocenters. The molecule has 2 aliphatic rings. The number of aromatic nitrogens is 2. The number of ether oxygens (including phenoxy) is 2. The predicted octanol–water partition coefficient (Wildman–Crippen LogP) is 5.74. The number of hydrogen-bond acceptors (Lipinski definition) is 5. The van der Waals surface area contributed by atoms with E-state index in [0.29, 0.717) is 11.8 Å². The zero-order chi connectivity index (χ0) is 23.8. The van der Waals surface area contributed by atoms with Gasteiger partial charge in [0.2, 0.25) is 5.88 Å². The lowest BCUT2D eigenvalue weighted by atomic mass is 9.82. The second-order valence-corrected chi connectivity index (χ2v) is 9.46. The smallest absolute Gasteiger partial charge is 0.306 e. The fourth-order valence-electron chi connectivity index (χ4n) is 5.13. The molecule has 1 aliphatic carbocycles. The molecule has 2 unspecified atom stereocenters. The lowest BCUT2D eigenvalue weighted by Crippen LogP contribution is -2.21. The average Bonchev–Trinajstić information content (AvgIpc) is 3.68. The number of benzene rings is 1. The van der Waals surface area contributed by atoms with Gasteiger partial charge in [-0.1, -0.05) is 25.1 Å². The van der Waals surface area contributed by atoms with E-state index in [4.69, 9.17) is 14.5 Å². The average molecular weight is 459 g/mol. The predicted molar refractivity (Wildman–Crippen MR) is 129 cm³/mol. The van der Waals surface area contributed by atoms with Gasteiger partial charge in [-0.05, 0) is 79.3 Å². The van der Waals surface area contributed by atoms with Crippen molar-refractivity contribution < 1.29 is 19.4 Å². The molecule has 0 amide bonds. The molecule has 0 bridgehead atoms. The molecule has 1 aliphatic heterocycles. The van der Waals surface area contributed by atoms with Gasteiger partial charge >= 0.3 is 5.97 Å². The fourth-order valence-corrected chi connectivity index (χ4v) is 5.13. The lowest BCUT2D eigenvalue weighted by molar-refractivity contribution is -0.142. The van der Waals surface area contributed by atoms with Gasteiger partial charge in [-0.15, -0.1) is 0 Å². The van der Waals surface area contributed by atoms with E-state index in [0.717, 1.165) is 59.5 Å². The summed E-state index contributed by atoms with van der Waals surface area (Å²) in [5, 5.41) is 9.63. The van der Waals surface area contributed by atoms with Crippen LogP contribution in [-0.2, 0) is 11.2 Å². The van der Waals surface area contributed by atoms with Crippen molar-refractivity contribution in [1.82, 2.24) is 9.97 Å². The molecule has 3 aromatic rings. The van der Waals surface area contributed by atoms with Gasteiger partial charge in [0.25, 0.3) is 0 Å². The number of carboxylic acid groups (broad SMARTS) is 1. The summed E-state index contributed by atoms with van der Waals surface area (Å²) in [6.45, 7) is 3.83. The van der Waals surface area contributed by atoms with E-state index in [1.54, 1.807) is 13.3 Å². The molecule has 34 heavy (non-hydrogen) atoms. The molecule has 6 nitrogen and oxygen atoms in total. The molecular weight excluding hydrogens is 428 g/mol. The minimum Gasteiger partial charge on any atom is -0.484 e. The molecular formula is C28H30N2O4. The van der Waals surface area contributed by atoms with Crippen molar-refractivity contribution in [2.45, 2.75) is 51.6 Å². The number of pyridine rings is 2. The number of aryl methyl sites for hydroxylation is 2. The zero-order valence-electron chi connectivity index (χ0n) is 19.8. The van der Waals surface area contributed by atoms with Gasteiger partial charge in [-0.3, -0.25) is 9.78 Å². The van der Waals surface area contributed by atoms with Gasteiger partial charge in [0.05, 0.1) is 18.7 Å². The largest absolute Gasteiger partial charge is 0.484 e. The van der Waals surface area contributed by atoms with Gasteiger partial charge in [-0.2, -0.15) is 0 Å². The van der Waals surface area contributed by atoms with Crippen molar-refractivity contribution in [3.63, 3.8) is 0 Å². The Hall–Kier alpha value is -3.41. The molecule has 1 N–H and O–H groups in total. The minimum atomic E-state index is -0.736. The third-order valence-corrected chi connectivity index (χ3v) is 7.17. The van der Waals surface area contributed by atoms with Crippen LogP contribution in [0.3, 0.4) is 0 Å². The summed E-state index contributed by atoms with van der Waals surface area (Å²) in [4.78, 5) is 20.8. The SMILES string of the molecule is COc1cc(-c2ccc(C3CCc4ccc(C(C5CC5)[C@H](C)C(=O)O)cc4O3)nc2C)ccn1. The third kappa shape index (κ3) is 4.37. The Morgan fingerprint density at radius 2 is 1.97 bits per heavy atom. The van der Waals surface area contributed by atoms with Crippen LogP contribution < -0.4 is 9.47 Å². The van der Waals surface area contributed by atoms with Crippen molar-refractivity contribution in [2.24, 2.45) is 11.8 Å². The summed E-state index contributed by atoms with van der Waals surface area (Å²) in [7, 11) is 1.61. The first-order valence-electron chi connectivity index (χ1n) is 11.9. The number of methoxy groups -OCH3 is 1. The number of nitrogens with zero attached hydrogens (tertiary/aromatic N) is 2. The maximum absolute atomic E-state index is 11.7. The normalized spacial score (nSPS) is 19.0. The standard InChI is InChI=1S/C28H30N2O4/c1-16(28(31)32)27(19-5-6-19)21-7-4-18-8-11-24(34-25(18)14-21)23-10-9-22(17(2)30-23)20-12-13-29-26(15-20)33-3/h4,7,9-10,12-16,19,24,27H,5-6,8,11H2,1-3H3,(H,31,32)/t16-,24?,27?/m0/s1. The van der Waals surface area contributed by atoms with Gasteiger partial charge < -0.3 is 14.6 Å². The van der Waals surface area contributed by atoms with Crippen LogP contribution in [0.1, 0.15) is 60.7 Å². The van der Waals surface area contributed by atoms with Gasteiger partial charge in [0.1, 0.15) is 11.9 Å². The maximum Gasteiger partial charge on any atom is 0.306 e. The highest BCUT2D eigenvalue weighted by Crippen LogP contribution is 2.48. The Balaban J connectivity index is 1.39. The van der Waals surface area contributed by atoms with Crippen molar-refractivity contribution in [2.75, 3.05) is 7.11 Å². The molecule has 1 saturated carbocycles. The number of carbonyl (C=O) groups is 1. The molecule has 0 radical (unpaired) electrons. The summed E-state index contributed by atoms with van der Waals surface area (Å²) >= 11 is 0. The molecule has 1 fully saturated rings. The van der Waals surface area contributed by atoms with Crippen molar-refractivity contribution in [3.8, 4) is 22.8 Å². The quantitative estimate of drug-likeness (QED) is 0.486. The van der Waals surface area contributed by atoms with Crippen LogP contribution in [-0.4, -0.2) is 28.2 Å². The van der Waals surface area contributed by atoms with E-state index in [9.17, 15) is 9.90 Å². The van der Waals surface area contributed by atoms with E-state index >= 15 is 0 Å². The number of hydrogen-bond donors (Lipinski definition) is 1. The molecule has 0 saturated heterocycles. The third-order valence-electron chi connectivity index (χ3n) is 7.17. The number of aliphatic carboxylic acids is 1. The first-order chi connectivity index (χ1) is 16.4.